The first-order valence-corrected chi connectivity index (χ1v) is 7.10. The standard InChI is InChI=1S/C12H15NO3S/c1-9-3-4-10(2)11(7-9)8-13-12(14)5-6-17(13,15)16/h3-4,7H,5-6,8H2,1-2H3. The van der Waals surface area contributed by atoms with Crippen molar-refractivity contribution in [3.05, 3.63) is 34.9 Å². The van der Waals surface area contributed by atoms with Crippen LogP contribution in [0.25, 0.3) is 0 Å². The van der Waals surface area contributed by atoms with E-state index in [1.54, 1.807) is 0 Å². The van der Waals surface area contributed by atoms with Crippen molar-refractivity contribution >= 4 is 15.9 Å². The summed E-state index contributed by atoms with van der Waals surface area (Å²) in [5.41, 5.74) is 2.96. The van der Waals surface area contributed by atoms with Crippen LogP contribution in [0.5, 0.6) is 0 Å². The molecule has 0 bridgehead atoms. The van der Waals surface area contributed by atoms with Gasteiger partial charge < -0.3 is 0 Å². The summed E-state index contributed by atoms with van der Waals surface area (Å²) in [7, 11) is -3.38. The van der Waals surface area contributed by atoms with Gasteiger partial charge in [0.25, 0.3) is 0 Å². The van der Waals surface area contributed by atoms with E-state index in [-0.39, 0.29) is 24.6 Å². The Kier molecular flexibility index (Phi) is 2.95. The lowest BCUT2D eigenvalue weighted by Crippen LogP contribution is -2.29. The van der Waals surface area contributed by atoms with E-state index < -0.39 is 10.0 Å². The fourth-order valence-corrected chi connectivity index (χ4v) is 3.31. The number of hydrogen-bond acceptors (Lipinski definition) is 3. The number of rotatable bonds is 2. The molecule has 92 valence electrons. The number of carbonyl (C=O) groups is 1. The predicted molar refractivity (Wildman–Crippen MR) is 64.9 cm³/mol. The third-order valence-electron chi connectivity index (χ3n) is 3.01. The Labute approximate surface area is 101 Å². The summed E-state index contributed by atoms with van der Waals surface area (Å²) < 4.78 is 24.4. The Morgan fingerprint density at radius 3 is 2.59 bits per heavy atom. The monoisotopic (exact) mass is 253 g/mol. The molecule has 0 saturated carbocycles. The third-order valence-corrected chi connectivity index (χ3v) is 4.73. The van der Waals surface area contributed by atoms with Crippen molar-refractivity contribution in [2.24, 2.45) is 0 Å². The molecule has 0 N–H and O–H groups in total. The van der Waals surface area contributed by atoms with Crippen LogP contribution in [-0.2, 0) is 21.4 Å². The van der Waals surface area contributed by atoms with Gasteiger partial charge in [-0.05, 0) is 25.0 Å². The van der Waals surface area contributed by atoms with Crippen molar-refractivity contribution in [2.75, 3.05) is 5.75 Å². The van der Waals surface area contributed by atoms with Gasteiger partial charge in [0.15, 0.2) is 0 Å². The smallest absolute Gasteiger partial charge is 0.238 e. The second-order valence-electron chi connectivity index (χ2n) is 4.40. The highest BCUT2D eigenvalue weighted by atomic mass is 32.2. The van der Waals surface area contributed by atoms with Gasteiger partial charge in [0.2, 0.25) is 15.9 Å². The van der Waals surface area contributed by atoms with Gasteiger partial charge in [-0.25, -0.2) is 12.7 Å². The molecule has 1 amide bonds. The highest BCUT2D eigenvalue weighted by molar-refractivity contribution is 7.90. The Hall–Kier alpha value is -1.36. The maximum atomic E-state index is 11.7. The van der Waals surface area contributed by atoms with E-state index >= 15 is 0 Å². The van der Waals surface area contributed by atoms with Crippen LogP contribution in [0.4, 0.5) is 0 Å². The maximum Gasteiger partial charge on any atom is 0.238 e. The van der Waals surface area contributed by atoms with E-state index in [2.05, 4.69) is 0 Å². The SMILES string of the molecule is Cc1ccc(C)c(CN2C(=O)CCS2(=O)=O)c1. The molecule has 4 nitrogen and oxygen atoms in total. The van der Waals surface area contributed by atoms with E-state index in [0.29, 0.717) is 0 Å². The Morgan fingerprint density at radius 1 is 1.29 bits per heavy atom. The molecule has 1 aromatic rings. The molecular formula is C12H15NO3S. The fourth-order valence-electron chi connectivity index (χ4n) is 1.92. The van der Waals surface area contributed by atoms with Gasteiger partial charge in [-0.1, -0.05) is 23.8 Å². The lowest BCUT2D eigenvalue weighted by atomic mass is 10.1. The highest BCUT2D eigenvalue weighted by Gasteiger charge is 2.34. The Morgan fingerprint density at radius 2 is 2.00 bits per heavy atom. The molecule has 2 rings (SSSR count). The first-order valence-electron chi connectivity index (χ1n) is 5.49. The van der Waals surface area contributed by atoms with Crippen molar-refractivity contribution in [2.45, 2.75) is 26.8 Å². The van der Waals surface area contributed by atoms with Crippen LogP contribution in [-0.4, -0.2) is 24.4 Å². The average molecular weight is 253 g/mol. The van der Waals surface area contributed by atoms with Gasteiger partial charge in [0.05, 0.1) is 12.3 Å². The number of nitrogens with zero attached hydrogens (tertiary/aromatic N) is 1. The number of carbonyl (C=O) groups excluding carboxylic acids is 1. The Balaban J connectivity index is 2.32. The molecule has 1 saturated heterocycles. The van der Waals surface area contributed by atoms with E-state index in [9.17, 15) is 13.2 Å². The molecule has 0 aromatic heterocycles. The minimum Gasteiger partial charge on any atom is -0.274 e. The van der Waals surface area contributed by atoms with E-state index in [4.69, 9.17) is 0 Å². The molecule has 0 aliphatic carbocycles. The molecule has 1 aromatic carbocycles. The van der Waals surface area contributed by atoms with Crippen LogP contribution >= 0.6 is 0 Å². The maximum absolute atomic E-state index is 11.7. The molecule has 1 aliphatic rings. The number of amides is 1. The molecule has 0 spiro atoms. The summed E-state index contributed by atoms with van der Waals surface area (Å²) in [5.74, 6) is -0.359. The van der Waals surface area contributed by atoms with Crippen molar-refractivity contribution in [1.82, 2.24) is 4.31 Å². The quantitative estimate of drug-likeness (QED) is 0.799. The molecular weight excluding hydrogens is 238 g/mol. The van der Waals surface area contributed by atoms with Gasteiger partial charge in [0, 0.05) is 6.42 Å². The number of sulfonamides is 1. The zero-order chi connectivity index (χ0) is 12.6. The van der Waals surface area contributed by atoms with Crippen LogP contribution in [0.1, 0.15) is 23.1 Å². The van der Waals surface area contributed by atoms with Crippen molar-refractivity contribution in [1.29, 1.82) is 0 Å². The van der Waals surface area contributed by atoms with Gasteiger partial charge in [-0.15, -0.1) is 0 Å². The summed E-state index contributed by atoms with van der Waals surface area (Å²) in [5, 5.41) is 0. The van der Waals surface area contributed by atoms with Gasteiger partial charge in [0.1, 0.15) is 0 Å². The summed E-state index contributed by atoms with van der Waals surface area (Å²) >= 11 is 0. The minimum atomic E-state index is -3.38. The zero-order valence-corrected chi connectivity index (χ0v) is 10.8. The lowest BCUT2D eigenvalue weighted by molar-refractivity contribution is -0.125. The fraction of sp³-hybridized carbons (Fsp3) is 0.417. The summed E-state index contributed by atoms with van der Waals surface area (Å²) in [4.78, 5) is 11.5. The molecule has 0 unspecified atom stereocenters. The topological polar surface area (TPSA) is 54.5 Å². The molecule has 17 heavy (non-hydrogen) atoms. The second-order valence-corrected chi connectivity index (χ2v) is 6.41. The zero-order valence-electron chi connectivity index (χ0n) is 9.93. The van der Waals surface area contributed by atoms with Gasteiger partial charge in [-0.3, -0.25) is 4.79 Å². The molecule has 1 aliphatic heterocycles. The van der Waals surface area contributed by atoms with Gasteiger partial charge >= 0.3 is 0 Å². The van der Waals surface area contributed by atoms with Crippen LogP contribution in [0.15, 0.2) is 18.2 Å². The normalized spacial score (nSPS) is 18.7. The van der Waals surface area contributed by atoms with Crippen LogP contribution in [0, 0.1) is 13.8 Å². The van der Waals surface area contributed by atoms with E-state index in [1.165, 1.54) is 0 Å². The van der Waals surface area contributed by atoms with E-state index in [1.807, 2.05) is 32.0 Å². The summed E-state index contributed by atoms with van der Waals surface area (Å²) in [6.45, 7) is 4.03. The first-order chi connectivity index (χ1) is 7.90. The van der Waals surface area contributed by atoms with Crippen molar-refractivity contribution in [3.63, 3.8) is 0 Å². The predicted octanol–water partition coefficient (Wildman–Crippen LogP) is 1.37. The highest BCUT2D eigenvalue weighted by Crippen LogP contribution is 2.21. The largest absolute Gasteiger partial charge is 0.274 e. The minimum absolute atomic E-state index is 0.0588. The van der Waals surface area contributed by atoms with Crippen LogP contribution < -0.4 is 0 Å². The molecule has 1 fully saturated rings. The van der Waals surface area contributed by atoms with Gasteiger partial charge in [-0.2, -0.15) is 0 Å². The summed E-state index contributed by atoms with van der Waals surface area (Å²) in [6, 6.07) is 5.84. The molecule has 1 heterocycles. The molecule has 0 atom stereocenters. The van der Waals surface area contributed by atoms with E-state index in [0.717, 1.165) is 21.0 Å². The van der Waals surface area contributed by atoms with Crippen LogP contribution in [0.3, 0.4) is 0 Å². The first kappa shape index (κ1) is 12.1. The number of benzene rings is 1. The second kappa shape index (κ2) is 4.14. The van der Waals surface area contributed by atoms with Crippen LogP contribution in [0.2, 0.25) is 0 Å². The average Bonchev–Trinajstić information content (AvgIpc) is 2.50. The number of aryl methyl sites for hydroxylation is 2. The third kappa shape index (κ3) is 2.34. The van der Waals surface area contributed by atoms with Crippen molar-refractivity contribution in [3.8, 4) is 0 Å². The Bertz CT molecular complexity index is 563. The lowest BCUT2D eigenvalue weighted by Gasteiger charge is -2.16. The number of hydrogen-bond donors (Lipinski definition) is 0. The summed E-state index contributed by atoms with van der Waals surface area (Å²) in [6.07, 6.45) is 0.104. The molecule has 0 radical (unpaired) electrons. The van der Waals surface area contributed by atoms with Crippen molar-refractivity contribution < 1.29 is 13.2 Å². The molecule has 5 heteroatoms.